The molecule has 6 heteroatoms. The summed E-state index contributed by atoms with van der Waals surface area (Å²) in [6, 6.07) is 9.76. The monoisotopic (exact) mass is 374 g/mol. The first-order valence-corrected chi connectivity index (χ1v) is 9.55. The lowest BCUT2D eigenvalue weighted by molar-refractivity contribution is -0.147. The van der Waals surface area contributed by atoms with Crippen LogP contribution in [0, 0.1) is 0 Å². The van der Waals surface area contributed by atoms with Crippen molar-refractivity contribution in [1.82, 2.24) is 9.80 Å². The van der Waals surface area contributed by atoms with Crippen LogP contribution < -0.4 is 0 Å². The molecule has 1 aromatic carbocycles. The average molecular weight is 374 g/mol. The Morgan fingerprint density at radius 2 is 2.04 bits per heavy atom. The van der Waals surface area contributed by atoms with Crippen molar-refractivity contribution < 1.29 is 19.1 Å². The van der Waals surface area contributed by atoms with Crippen LogP contribution in [0.15, 0.2) is 30.3 Å². The molecule has 0 aliphatic carbocycles. The van der Waals surface area contributed by atoms with Gasteiger partial charge in [0.25, 0.3) is 0 Å². The summed E-state index contributed by atoms with van der Waals surface area (Å²) in [4.78, 5) is 38.4. The topological polar surface area (TPSA) is 66.9 Å². The second-order valence-electron chi connectivity index (χ2n) is 7.34. The number of ether oxygens (including phenoxy) is 1. The Kier molecular flexibility index (Phi) is 8.13. The summed E-state index contributed by atoms with van der Waals surface area (Å²) in [6.45, 7) is 4.16. The molecule has 1 fully saturated rings. The zero-order valence-electron chi connectivity index (χ0n) is 16.3. The summed E-state index contributed by atoms with van der Waals surface area (Å²) in [5, 5.41) is 0. The third-order valence-corrected chi connectivity index (χ3v) is 5.31. The van der Waals surface area contributed by atoms with Crippen molar-refractivity contribution in [1.29, 1.82) is 0 Å². The molecule has 2 atom stereocenters. The third kappa shape index (κ3) is 5.97. The number of carbonyl (C=O) groups excluding carboxylic acids is 3. The summed E-state index contributed by atoms with van der Waals surface area (Å²) in [6.07, 6.45) is 3.94. The van der Waals surface area contributed by atoms with Crippen molar-refractivity contribution in [2.75, 3.05) is 39.8 Å². The molecule has 1 heterocycles. The number of nitrogens with zero attached hydrogens (tertiary/aromatic N) is 2. The van der Waals surface area contributed by atoms with Crippen molar-refractivity contribution in [3.63, 3.8) is 0 Å². The molecule has 1 aliphatic heterocycles. The number of rotatable bonds is 10. The Bertz CT molecular complexity index is 622. The van der Waals surface area contributed by atoms with Crippen molar-refractivity contribution >= 4 is 18.5 Å². The molecule has 1 aromatic rings. The van der Waals surface area contributed by atoms with Crippen LogP contribution in [0.5, 0.6) is 0 Å². The van der Waals surface area contributed by atoms with Crippen molar-refractivity contribution in [3.8, 4) is 0 Å². The lowest BCUT2D eigenvalue weighted by Gasteiger charge is -2.43. The first kappa shape index (κ1) is 21.3. The van der Waals surface area contributed by atoms with Gasteiger partial charge in [-0.05, 0) is 38.8 Å². The summed E-state index contributed by atoms with van der Waals surface area (Å²) >= 11 is 0. The van der Waals surface area contributed by atoms with Crippen molar-refractivity contribution in [2.24, 2.45) is 0 Å². The minimum absolute atomic E-state index is 0.0215. The Labute approximate surface area is 161 Å². The molecule has 0 radical (unpaired) electrons. The van der Waals surface area contributed by atoms with Crippen LogP contribution in [-0.2, 0) is 19.1 Å². The summed E-state index contributed by atoms with van der Waals surface area (Å²) in [5.74, 6) is -0.132. The van der Waals surface area contributed by atoms with Gasteiger partial charge in [-0.1, -0.05) is 30.3 Å². The van der Waals surface area contributed by atoms with Gasteiger partial charge in [0, 0.05) is 19.6 Å². The van der Waals surface area contributed by atoms with E-state index >= 15 is 0 Å². The number of hydrogen-bond acceptors (Lipinski definition) is 5. The van der Waals surface area contributed by atoms with Crippen LogP contribution in [-0.4, -0.2) is 73.7 Å². The quantitative estimate of drug-likeness (QED) is 0.585. The molecule has 0 spiro atoms. The molecule has 148 valence electrons. The zero-order chi connectivity index (χ0) is 19.7. The van der Waals surface area contributed by atoms with Crippen LogP contribution in [0.3, 0.4) is 0 Å². The van der Waals surface area contributed by atoms with E-state index in [-0.39, 0.29) is 18.4 Å². The lowest BCUT2D eigenvalue weighted by atomic mass is 9.87. The van der Waals surface area contributed by atoms with Crippen LogP contribution in [0.25, 0.3) is 0 Å². The van der Waals surface area contributed by atoms with Crippen molar-refractivity contribution in [3.05, 3.63) is 35.9 Å². The standard InChI is InChI=1S/C21H30N2O4/c1-18(19-7-4-3-5-8-19)20(26)23-11-6-9-21(17-23,27-16-15-25)10-12-22(2)13-14-24/h3-5,7-8,14-15,18H,6,9-13,16-17H2,1-2H3. The van der Waals surface area contributed by atoms with E-state index in [1.807, 2.05) is 54.1 Å². The molecule has 0 N–H and O–H groups in total. The molecule has 1 saturated heterocycles. The highest BCUT2D eigenvalue weighted by Gasteiger charge is 2.39. The largest absolute Gasteiger partial charge is 0.366 e. The number of piperidine rings is 1. The van der Waals surface area contributed by atoms with Crippen molar-refractivity contribution in [2.45, 2.75) is 37.7 Å². The normalized spacial score (nSPS) is 21.1. The van der Waals surface area contributed by atoms with E-state index in [0.717, 1.165) is 31.0 Å². The highest BCUT2D eigenvalue weighted by atomic mass is 16.5. The lowest BCUT2D eigenvalue weighted by Crippen LogP contribution is -2.54. The molecule has 2 unspecified atom stereocenters. The molecule has 0 bridgehead atoms. The summed E-state index contributed by atoms with van der Waals surface area (Å²) < 4.78 is 5.94. The fourth-order valence-corrected chi connectivity index (χ4v) is 3.66. The molecule has 6 nitrogen and oxygen atoms in total. The number of amides is 1. The first-order valence-electron chi connectivity index (χ1n) is 9.55. The van der Waals surface area contributed by atoms with E-state index in [0.29, 0.717) is 32.6 Å². The van der Waals surface area contributed by atoms with Gasteiger partial charge in [0.2, 0.25) is 5.91 Å². The molecule has 27 heavy (non-hydrogen) atoms. The van der Waals surface area contributed by atoms with Crippen LogP contribution in [0.2, 0.25) is 0 Å². The van der Waals surface area contributed by atoms with Crippen LogP contribution >= 0.6 is 0 Å². The molecule has 2 rings (SSSR count). The molecular formula is C21H30N2O4. The Morgan fingerprint density at radius 1 is 1.30 bits per heavy atom. The van der Waals surface area contributed by atoms with Gasteiger partial charge < -0.3 is 19.2 Å². The van der Waals surface area contributed by atoms with E-state index in [9.17, 15) is 14.4 Å². The summed E-state index contributed by atoms with van der Waals surface area (Å²) in [5.41, 5.74) is 0.459. The maximum atomic E-state index is 13.0. The van der Waals surface area contributed by atoms with Gasteiger partial charge in [0.15, 0.2) is 0 Å². The molecule has 1 amide bonds. The predicted octanol–water partition coefficient (Wildman–Crippen LogP) is 1.89. The number of hydrogen-bond donors (Lipinski definition) is 0. The fraction of sp³-hybridized carbons (Fsp3) is 0.571. The highest BCUT2D eigenvalue weighted by Crippen LogP contribution is 2.31. The molecule has 0 saturated carbocycles. The van der Waals surface area contributed by atoms with Gasteiger partial charge in [-0.3, -0.25) is 9.69 Å². The van der Waals surface area contributed by atoms with E-state index < -0.39 is 5.60 Å². The Morgan fingerprint density at radius 3 is 2.70 bits per heavy atom. The number of likely N-dealkylation sites (N-methyl/N-ethyl adjacent to an activating group) is 1. The van der Waals surface area contributed by atoms with Gasteiger partial charge >= 0.3 is 0 Å². The minimum Gasteiger partial charge on any atom is -0.366 e. The molecule has 1 aliphatic rings. The number of benzene rings is 1. The second kappa shape index (κ2) is 10.3. The van der Waals surface area contributed by atoms with Crippen LogP contribution in [0.1, 0.15) is 37.7 Å². The minimum atomic E-state index is -0.539. The Balaban J connectivity index is 2.08. The van der Waals surface area contributed by atoms with Crippen LogP contribution in [0.4, 0.5) is 0 Å². The summed E-state index contributed by atoms with van der Waals surface area (Å²) in [7, 11) is 1.88. The number of carbonyl (C=O) groups is 3. The Hall–Kier alpha value is -2.05. The third-order valence-electron chi connectivity index (χ3n) is 5.31. The van der Waals surface area contributed by atoms with E-state index in [2.05, 4.69) is 0 Å². The van der Waals surface area contributed by atoms with E-state index in [1.54, 1.807) is 0 Å². The van der Waals surface area contributed by atoms with Gasteiger partial charge in [-0.15, -0.1) is 0 Å². The molecule has 0 aromatic heterocycles. The molecular weight excluding hydrogens is 344 g/mol. The van der Waals surface area contributed by atoms with Gasteiger partial charge in [0.05, 0.1) is 18.1 Å². The smallest absolute Gasteiger partial charge is 0.229 e. The van der Waals surface area contributed by atoms with Gasteiger partial charge in [0.1, 0.15) is 19.2 Å². The van der Waals surface area contributed by atoms with E-state index in [1.165, 1.54) is 0 Å². The van der Waals surface area contributed by atoms with E-state index in [4.69, 9.17) is 4.74 Å². The maximum absolute atomic E-state index is 13.0. The highest BCUT2D eigenvalue weighted by molar-refractivity contribution is 5.83. The predicted molar refractivity (Wildman–Crippen MR) is 104 cm³/mol. The maximum Gasteiger partial charge on any atom is 0.229 e. The first-order chi connectivity index (χ1) is 13.0. The SMILES string of the molecule is CC(C(=O)N1CCCC(CCN(C)CC=O)(OCC=O)C1)c1ccccc1. The second-order valence-corrected chi connectivity index (χ2v) is 7.34. The zero-order valence-corrected chi connectivity index (χ0v) is 16.3. The number of likely N-dealkylation sites (tertiary alicyclic amines) is 1. The fourth-order valence-electron chi connectivity index (χ4n) is 3.66. The van der Waals surface area contributed by atoms with Gasteiger partial charge in [-0.25, -0.2) is 0 Å². The van der Waals surface area contributed by atoms with Gasteiger partial charge in [-0.2, -0.15) is 0 Å². The average Bonchev–Trinajstić information content (AvgIpc) is 2.71. The number of aldehydes is 2.